The molecule has 1 aliphatic rings. The highest BCUT2D eigenvalue weighted by molar-refractivity contribution is 9.11. The van der Waals surface area contributed by atoms with E-state index in [2.05, 4.69) is 27.8 Å². The molecule has 0 radical (unpaired) electrons. The topological polar surface area (TPSA) is 75.6 Å². The molecular weight excluding hydrogens is 278 g/mol. The molecule has 0 spiro atoms. The summed E-state index contributed by atoms with van der Waals surface area (Å²) in [4.78, 5) is 22.5. The second-order valence-electron chi connectivity index (χ2n) is 3.68. The van der Waals surface area contributed by atoms with Gasteiger partial charge in [-0.1, -0.05) is 22.5 Å². The van der Waals surface area contributed by atoms with Crippen molar-refractivity contribution in [3.05, 3.63) is 11.1 Å². The van der Waals surface area contributed by atoms with Gasteiger partial charge in [0.05, 0.1) is 12.5 Å². The molecule has 0 aromatic heterocycles. The number of halogens is 1. The molecule has 2 atom stereocenters. The maximum Gasteiger partial charge on any atom is 0.326 e. The summed E-state index contributed by atoms with van der Waals surface area (Å²) in [6, 6.07) is -0.931. The lowest BCUT2D eigenvalue weighted by atomic mass is 10.1. The molecule has 1 fully saturated rings. The molecule has 5 nitrogen and oxygen atoms in total. The molecule has 0 aliphatic carbocycles. The minimum Gasteiger partial charge on any atom is -0.480 e. The first-order valence-corrected chi connectivity index (χ1v) is 5.74. The summed E-state index contributed by atoms with van der Waals surface area (Å²) in [5.74, 6) is -1.56. The van der Waals surface area contributed by atoms with Gasteiger partial charge < -0.3 is 15.2 Å². The largest absolute Gasteiger partial charge is 0.480 e. The number of hydrogen-bond donors (Lipinski definition) is 2. The van der Waals surface area contributed by atoms with Crippen molar-refractivity contribution in [2.24, 2.45) is 5.92 Å². The van der Waals surface area contributed by atoms with Gasteiger partial charge in [-0.2, -0.15) is 0 Å². The number of rotatable bonds is 5. The van der Waals surface area contributed by atoms with Crippen LogP contribution in [-0.2, 0) is 14.3 Å². The van der Waals surface area contributed by atoms with Crippen LogP contribution in [0.1, 0.15) is 12.8 Å². The third kappa shape index (κ3) is 3.94. The zero-order valence-corrected chi connectivity index (χ0v) is 10.3. The van der Waals surface area contributed by atoms with Gasteiger partial charge in [0.1, 0.15) is 6.04 Å². The number of amides is 1. The van der Waals surface area contributed by atoms with Crippen molar-refractivity contribution in [2.45, 2.75) is 18.9 Å². The van der Waals surface area contributed by atoms with Crippen LogP contribution in [-0.4, -0.2) is 36.2 Å². The fraction of sp³-hybridized carbons (Fsp3) is 0.600. The monoisotopic (exact) mass is 291 g/mol. The number of ether oxygens (including phenoxy) is 1. The summed E-state index contributed by atoms with van der Waals surface area (Å²) in [6.45, 7) is 4.48. The first-order chi connectivity index (χ1) is 7.50. The Hall–Kier alpha value is -0.880. The predicted octanol–water partition coefficient (Wildman–Crippen LogP) is 0.891. The molecule has 1 aliphatic heterocycles. The third-order valence-corrected chi connectivity index (χ3v) is 2.66. The summed E-state index contributed by atoms with van der Waals surface area (Å²) in [5.41, 5.74) is 0. The molecule has 16 heavy (non-hydrogen) atoms. The van der Waals surface area contributed by atoms with Crippen molar-refractivity contribution in [1.82, 2.24) is 5.32 Å². The van der Waals surface area contributed by atoms with E-state index in [0.717, 1.165) is 0 Å². The SMILES string of the molecule is C=C(Br)C[C@H](NC(=O)[C@@H]1CCOC1)C(=O)O. The Bertz CT molecular complexity index is 299. The molecule has 1 heterocycles. The Morgan fingerprint density at radius 2 is 2.31 bits per heavy atom. The van der Waals surface area contributed by atoms with E-state index in [1.165, 1.54) is 0 Å². The van der Waals surface area contributed by atoms with Gasteiger partial charge in [-0.3, -0.25) is 4.79 Å². The lowest BCUT2D eigenvalue weighted by molar-refractivity contribution is -0.142. The summed E-state index contributed by atoms with van der Waals surface area (Å²) in [7, 11) is 0. The minimum absolute atomic E-state index is 0.175. The van der Waals surface area contributed by atoms with E-state index < -0.39 is 12.0 Å². The number of aliphatic carboxylic acids is 1. The highest BCUT2D eigenvalue weighted by Crippen LogP contribution is 2.14. The molecule has 90 valence electrons. The molecule has 1 rings (SSSR count). The van der Waals surface area contributed by atoms with Crippen LogP contribution in [0.15, 0.2) is 11.1 Å². The van der Waals surface area contributed by atoms with Crippen LogP contribution in [0.3, 0.4) is 0 Å². The standard InChI is InChI=1S/C10H14BrNO4/c1-6(11)4-8(10(14)15)12-9(13)7-2-3-16-5-7/h7-8H,1-5H2,(H,12,13)(H,14,15)/t7-,8+/m1/s1. The van der Waals surface area contributed by atoms with Crippen LogP contribution >= 0.6 is 15.9 Å². The molecule has 0 aromatic rings. The third-order valence-electron chi connectivity index (χ3n) is 2.34. The number of nitrogens with one attached hydrogen (secondary N) is 1. The lowest BCUT2D eigenvalue weighted by Gasteiger charge is -2.16. The Kier molecular flexibility index (Phi) is 4.95. The Morgan fingerprint density at radius 3 is 2.75 bits per heavy atom. The first-order valence-electron chi connectivity index (χ1n) is 4.95. The van der Waals surface area contributed by atoms with Gasteiger partial charge in [-0.15, -0.1) is 0 Å². The summed E-state index contributed by atoms with van der Waals surface area (Å²) in [6.07, 6.45) is 0.822. The van der Waals surface area contributed by atoms with E-state index >= 15 is 0 Å². The zero-order valence-electron chi connectivity index (χ0n) is 8.74. The van der Waals surface area contributed by atoms with Crippen LogP contribution in [0, 0.1) is 5.92 Å². The quantitative estimate of drug-likeness (QED) is 0.789. The minimum atomic E-state index is -1.06. The molecule has 6 heteroatoms. The second kappa shape index (κ2) is 6.00. The fourth-order valence-corrected chi connectivity index (χ4v) is 1.78. The maximum absolute atomic E-state index is 11.6. The molecule has 0 saturated carbocycles. The van der Waals surface area contributed by atoms with Crippen molar-refractivity contribution >= 4 is 27.8 Å². The molecule has 1 saturated heterocycles. The van der Waals surface area contributed by atoms with Crippen LogP contribution < -0.4 is 5.32 Å². The van der Waals surface area contributed by atoms with Crippen molar-refractivity contribution in [3.8, 4) is 0 Å². The van der Waals surface area contributed by atoms with Gasteiger partial charge in [0.25, 0.3) is 0 Å². The summed E-state index contributed by atoms with van der Waals surface area (Å²) in [5, 5.41) is 11.4. The normalized spacial score (nSPS) is 21.4. The first kappa shape index (κ1) is 13.2. The lowest BCUT2D eigenvalue weighted by Crippen LogP contribution is -2.43. The van der Waals surface area contributed by atoms with Crippen molar-refractivity contribution in [2.75, 3.05) is 13.2 Å². The highest BCUT2D eigenvalue weighted by Gasteiger charge is 2.27. The molecule has 2 N–H and O–H groups in total. The van der Waals surface area contributed by atoms with Crippen LogP contribution in [0.5, 0.6) is 0 Å². The van der Waals surface area contributed by atoms with E-state index in [0.29, 0.717) is 24.1 Å². The molecular formula is C10H14BrNO4. The van der Waals surface area contributed by atoms with Crippen LogP contribution in [0.25, 0.3) is 0 Å². The average Bonchev–Trinajstić information content (AvgIpc) is 2.68. The Morgan fingerprint density at radius 1 is 1.62 bits per heavy atom. The van der Waals surface area contributed by atoms with E-state index in [1.54, 1.807) is 0 Å². The summed E-state index contributed by atoms with van der Waals surface area (Å²) < 4.78 is 5.61. The van der Waals surface area contributed by atoms with Crippen LogP contribution in [0.2, 0.25) is 0 Å². The van der Waals surface area contributed by atoms with Crippen molar-refractivity contribution in [3.63, 3.8) is 0 Å². The number of carboxylic acid groups (broad SMARTS) is 1. The molecule has 0 bridgehead atoms. The number of hydrogen-bond acceptors (Lipinski definition) is 3. The maximum atomic E-state index is 11.6. The van der Waals surface area contributed by atoms with E-state index in [1.807, 2.05) is 0 Å². The smallest absolute Gasteiger partial charge is 0.326 e. The molecule has 0 unspecified atom stereocenters. The summed E-state index contributed by atoms with van der Waals surface area (Å²) >= 11 is 3.08. The van der Waals surface area contributed by atoms with Gasteiger partial charge in [-0.05, 0) is 10.9 Å². The van der Waals surface area contributed by atoms with E-state index in [9.17, 15) is 9.59 Å². The van der Waals surface area contributed by atoms with E-state index in [4.69, 9.17) is 9.84 Å². The molecule has 0 aromatic carbocycles. The van der Waals surface area contributed by atoms with Gasteiger partial charge in [0.2, 0.25) is 5.91 Å². The van der Waals surface area contributed by atoms with Gasteiger partial charge in [-0.25, -0.2) is 4.79 Å². The second-order valence-corrected chi connectivity index (χ2v) is 4.80. The van der Waals surface area contributed by atoms with E-state index in [-0.39, 0.29) is 18.2 Å². The van der Waals surface area contributed by atoms with Gasteiger partial charge >= 0.3 is 5.97 Å². The number of carboxylic acids is 1. The average molecular weight is 292 g/mol. The highest BCUT2D eigenvalue weighted by atomic mass is 79.9. The number of carbonyl (C=O) groups excluding carboxylic acids is 1. The Labute approximate surface area is 102 Å². The number of carbonyl (C=O) groups is 2. The predicted molar refractivity (Wildman–Crippen MR) is 61.2 cm³/mol. The van der Waals surface area contributed by atoms with Gasteiger partial charge in [0, 0.05) is 13.0 Å². The fourth-order valence-electron chi connectivity index (χ4n) is 1.45. The van der Waals surface area contributed by atoms with Crippen molar-refractivity contribution in [1.29, 1.82) is 0 Å². The van der Waals surface area contributed by atoms with Gasteiger partial charge in [0.15, 0.2) is 0 Å². The van der Waals surface area contributed by atoms with Crippen LogP contribution in [0.4, 0.5) is 0 Å². The Balaban J connectivity index is 2.50. The zero-order chi connectivity index (χ0) is 12.1. The molecule has 1 amide bonds. The van der Waals surface area contributed by atoms with Crippen molar-refractivity contribution < 1.29 is 19.4 Å².